The Morgan fingerprint density at radius 3 is 1.83 bits per heavy atom. The van der Waals surface area contributed by atoms with Crippen LogP contribution in [0.1, 0.15) is 29.0 Å². The van der Waals surface area contributed by atoms with Crippen molar-refractivity contribution in [2.75, 3.05) is 6.54 Å². The highest BCUT2D eigenvalue weighted by molar-refractivity contribution is 7.89. The van der Waals surface area contributed by atoms with Gasteiger partial charge >= 0.3 is 0 Å². The van der Waals surface area contributed by atoms with E-state index in [2.05, 4.69) is 29.6 Å². The summed E-state index contributed by atoms with van der Waals surface area (Å²) >= 11 is 0. The Morgan fingerprint density at radius 1 is 0.828 bits per heavy atom. The zero-order valence-electron chi connectivity index (χ0n) is 16.0. The van der Waals surface area contributed by atoms with Crippen LogP contribution in [0.5, 0.6) is 0 Å². The van der Waals surface area contributed by atoms with Crippen LogP contribution in [0.4, 0.5) is 0 Å². The summed E-state index contributed by atoms with van der Waals surface area (Å²) in [7, 11) is -3.73. The molecule has 3 aromatic carbocycles. The molecular formula is C23H24N2O3S. The minimum Gasteiger partial charge on any atom is -0.356 e. The minimum atomic E-state index is -3.73. The molecule has 0 aliphatic heterocycles. The summed E-state index contributed by atoms with van der Waals surface area (Å²) in [5.74, 6) is 0.0972. The van der Waals surface area contributed by atoms with Crippen molar-refractivity contribution in [3.05, 3.63) is 102 Å². The van der Waals surface area contributed by atoms with Crippen molar-refractivity contribution in [2.45, 2.75) is 23.7 Å². The molecule has 1 amide bonds. The van der Waals surface area contributed by atoms with E-state index in [1.54, 1.807) is 12.1 Å². The first-order chi connectivity index (χ1) is 13.9. The molecule has 29 heavy (non-hydrogen) atoms. The molecule has 0 spiro atoms. The first-order valence-electron chi connectivity index (χ1n) is 9.42. The molecule has 6 heteroatoms. The average molecular weight is 409 g/mol. The Labute approximate surface area is 171 Å². The van der Waals surface area contributed by atoms with Crippen molar-refractivity contribution in [3.8, 4) is 0 Å². The maximum Gasteiger partial charge on any atom is 0.238 e. The Kier molecular flexibility index (Phi) is 6.80. The monoisotopic (exact) mass is 408 g/mol. The number of carbonyl (C=O) groups is 1. The predicted molar refractivity (Wildman–Crippen MR) is 114 cm³/mol. The summed E-state index contributed by atoms with van der Waals surface area (Å²) in [5.41, 5.74) is 3.16. The van der Waals surface area contributed by atoms with Crippen molar-refractivity contribution in [1.82, 2.24) is 5.32 Å². The van der Waals surface area contributed by atoms with Crippen LogP contribution in [0, 0.1) is 0 Å². The molecule has 0 atom stereocenters. The van der Waals surface area contributed by atoms with Crippen molar-refractivity contribution >= 4 is 15.9 Å². The molecule has 0 aliphatic rings. The number of nitrogens with two attached hydrogens (primary N) is 1. The van der Waals surface area contributed by atoms with Crippen LogP contribution in [-0.4, -0.2) is 20.9 Å². The van der Waals surface area contributed by atoms with Gasteiger partial charge in [0.2, 0.25) is 15.9 Å². The third-order valence-corrected chi connectivity index (χ3v) is 5.70. The standard InChI is InChI=1S/C23H24N2O3S/c24-29(27,28)21-13-11-18(12-14-21)17-23(26)25-16-15-22(19-7-3-1-4-8-19)20-9-5-2-6-10-20/h1-14,22H,15-17H2,(H,25,26)(H2,24,27,28). The maximum absolute atomic E-state index is 12.3. The van der Waals surface area contributed by atoms with Gasteiger partial charge in [0, 0.05) is 12.5 Å². The molecule has 0 aliphatic carbocycles. The van der Waals surface area contributed by atoms with E-state index in [0.29, 0.717) is 6.54 Å². The molecule has 0 saturated carbocycles. The summed E-state index contributed by atoms with van der Waals surface area (Å²) in [6, 6.07) is 26.5. The van der Waals surface area contributed by atoms with E-state index in [0.717, 1.165) is 12.0 Å². The topological polar surface area (TPSA) is 89.3 Å². The van der Waals surface area contributed by atoms with Crippen LogP contribution in [0.3, 0.4) is 0 Å². The van der Waals surface area contributed by atoms with Crippen molar-refractivity contribution in [2.24, 2.45) is 5.14 Å². The Hall–Kier alpha value is -2.96. The zero-order valence-corrected chi connectivity index (χ0v) is 16.8. The normalized spacial score (nSPS) is 11.4. The number of rotatable bonds is 8. The van der Waals surface area contributed by atoms with E-state index in [-0.39, 0.29) is 23.1 Å². The highest BCUT2D eigenvalue weighted by Gasteiger charge is 2.14. The van der Waals surface area contributed by atoms with Crippen molar-refractivity contribution in [3.63, 3.8) is 0 Å². The lowest BCUT2D eigenvalue weighted by Crippen LogP contribution is -2.27. The van der Waals surface area contributed by atoms with Gasteiger partial charge in [-0.05, 0) is 35.2 Å². The SMILES string of the molecule is NS(=O)(=O)c1ccc(CC(=O)NCCC(c2ccccc2)c2ccccc2)cc1. The van der Waals surface area contributed by atoms with Gasteiger partial charge < -0.3 is 5.32 Å². The number of hydrogen-bond acceptors (Lipinski definition) is 3. The number of nitrogens with one attached hydrogen (secondary N) is 1. The summed E-state index contributed by atoms with van der Waals surface area (Å²) in [6.07, 6.45) is 0.969. The van der Waals surface area contributed by atoms with Gasteiger partial charge in [0.25, 0.3) is 0 Å². The van der Waals surface area contributed by atoms with Gasteiger partial charge in [-0.1, -0.05) is 72.8 Å². The van der Waals surface area contributed by atoms with E-state index < -0.39 is 10.0 Å². The van der Waals surface area contributed by atoms with Gasteiger partial charge in [0.05, 0.1) is 11.3 Å². The summed E-state index contributed by atoms with van der Waals surface area (Å²) in [4.78, 5) is 12.3. The lowest BCUT2D eigenvalue weighted by molar-refractivity contribution is -0.120. The van der Waals surface area contributed by atoms with Crippen LogP contribution in [0.15, 0.2) is 89.8 Å². The molecule has 3 N–H and O–H groups in total. The minimum absolute atomic E-state index is 0.0372. The fourth-order valence-corrected chi connectivity index (χ4v) is 3.81. The summed E-state index contributed by atoms with van der Waals surface area (Å²) in [5, 5.41) is 8.06. The molecule has 5 nitrogen and oxygen atoms in total. The number of benzene rings is 3. The molecule has 150 valence electrons. The van der Waals surface area contributed by atoms with Gasteiger partial charge in [0.1, 0.15) is 0 Å². The lowest BCUT2D eigenvalue weighted by Gasteiger charge is -2.18. The van der Waals surface area contributed by atoms with Crippen LogP contribution >= 0.6 is 0 Å². The Morgan fingerprint density at radius 2 is 1.34 bits per heavy atom. The number of sulfonamides is 1. The van der Waals surface area contributed by atoms with E-state index in [1.807, 2.05) is 36.4 Å². The van der Waals surface area contributed by atoms with Crippen LogP contribution < -0.4 is 10.5 Å². The Bertz CT molecular complexity index is 995. The molecule has 0 bridgehead atoms. The second kappa shape index (κ2) is 9.49. The number of carbonyl (C=O) groups excluding carboxylic acids is 1. The number of amides is 1. The first-order valence-corrected chi connectivity index (χ1v) is 11.0. The number of primary sulfonamides is 1. The zero-order chi connectivity index (χ0) is 20.7. The maximum atomic E-state index is 12.3. The lowest BCUT2D eigenvalue weighted by atomic mass is 9.88. The second-order valence-corrected chi connectivity index (χ2v) is 8.44. The summed E-state index contributed by atoms with van der Waals surface area (Å²) in [6.45, 7) is 0.544. The highest BCUT2D eigenvalue weighted by atomic mass is 32.2. The molecule has 0 heterocycles. The van der Waals surface area contributed by atoms with E-state index in [1.165, 1.54) is 23.3 Å². The molecular weight excluding hydrogens is 384 g/mol. The average Bonchev–Trinajstić information content (AvgIpc) is 2.72. The van der Waals surface area contributed by atoms with Crippen molar-refractivity contribution < 1.29 is 13.2 Å². The summed E-state index contributed by atoms with van der Waals surface area (Å²) < 4.78 is 22.6. The smallest absolute Gasteiger partial charge is 0.238 e. The van der Waals surface area contributed by atoms with Crippen molar-refractivity contribution in [1.29, 1.82) is 0 Å². The molecule has 0 radical (unpaired) electrons. The quantitative estimate of drug-likeness (QED) is 0.600. The molecule has 0 aromatic heterocycles. The van der Waals surface area contributed by atoms with E-state index >= 15 is 0 Å². The molecule has 0 unspecified atom stereocenters. The highest BCUT2D eigenvalue weighted by Crippen LogP contribution is 2.27. The van der Waals surface area contributed by atoms with Crippen LogP contribution in [0.25, 0.3) is 0 Å². The van der Waals surface area contributed by atoms with E-state index in [9.17, 15) is 13.2 Å². The van der Waals surface area contributed by atoms with Gasteiger partial charge in [-0.3, -0.25) is 4.79 Å². The predicted octanol–water partition coefficient (Wildman–Crippen LogP) is 3.21. The van der Waals surface area contributed by atoms with Gasteiger partial charge in [-0.25, -0.2) is 13.6 Å². The fourth-order valence-electron chi connectivity index (χ4n) is 3.30. The van der Waals surface area contributed by atoms with E-state index in [4.69, 9.17) is 5.14 Å². The van der Waals surface area contributed by atoms with Crippen LogP contribution in [-0.2, 0) is 21.2 Å². The van der Waals surface area contributed by atoms with Crippen LogP contribution in [0.2, 0.25) is 0 Å². The molecule has 0 fully saturated rings. The Balaban J connectivity index is 1.59. The largest absolute Gasteiger partial charge is 0.356 e. The van der Waals surface area contributed by atoms with Gasteiger partial charge in [-0.15, -0.1) is 0 Å². The molecule has 0 saturated heterocycles. The van der Waals surface area contributed by atoms with Gasteiger partial charge in [0.15, 0.2) is 0 Å². The molecule has 3 aromatic rings. The first kappa shape index (κ1) is 20.8. The fraction of sp³-hybridized carbons (Fsp3) is 0.174. The second-order valence-electron chi connectivity index (χ2n) is 6.88. The third-order valence-electron chi connectivity index (χ3n) is 4.78. The van der Waals surface area contributed by atoms with Gasteiger partial charge in [-0.2, -0.15) is 0 Å². The third kappa shape index (κ3) is 6.01. The number of hydrogen-bond donors (Lipinski definition) is 2. The molecule has 3 rings (SSSR count).